The molecule has 6 nitrogen and oxygen atoms in total. The average Bonchev–Trinajstić information content (AvgIpc) is 2.81. The van der Waals surface area contributed by atoms with Crippen molar-refractivity contribution in [2.24, 2.45) is 0 Å². The molecule has 1 aliphatic heterocycles. The van der Waals surface area contributed by atoms with Crippen LogP contribution < -0.4 is 10.1 Å². The minimum absolute atomic E-state index is 0.00435. The third kappa shape index (κ3) is 4.60. The van der Waals surface area contributed by atoms with E-state index in [0.29, 0.717) is 24.4 Å². The number of benzene rings is 1. The number of rotatable bonds is 5. The van der Waals surface area contributed by atoms with E-state index < -0.39 is 9.84 Å². The van der Waals surface area contributed by atoms with Crippen LogP contribution in [0, 0.1) is 0 Å². The average molecular weight is 340 g/mol. The molecule has 1 N–H and O–H groups in total. The van der Waals surface area contributed by atoms with Gasteiger partial charge in [0.25, 0.3) is 0 Å². The van der Waals surface area contributed by atoms with Gasteiger partial charge >= 0.3 is 6.03 Å². The highest BCUT2D eigenvalue weighted by atomic mass is 32.2. The van der Waals surface area contributed by atoms with Crippen LogP contribution in [-0.2, 0) is 9.84 Å². The van der Waals surface area contributed by atoms with Crippen LogP contribution in [-0.4, -0.2) is 49.5 Å². The summed E-state index contributed by atoms with van der Waals surface area (Å²) in [5, 5.41) is 2.84. The van der Waals surface area contributed by atoms with Gasteiger partial charge in [0, 0.05) is 12.6 Å². The number of sulfone groups is 1. The summed E-state index contributed by atoms with van der Waals surface area (Å²) in [5.41, 5.74) is 0.588. The van der Waals surface area contributed by atoms with Gasteiger partial charge in [-0.05, 0) is 39.3 Å². The summed E-state index contributed by atoms with van der Waals surface area (Å²) >= 11 is 0. The molecule has 1 fully saturated rings. The highest BCUT2D eigenvalue weighted by Gasteiger charge is 2.34. The number of para-hydroxylation sites is 2. The van der Waals surface area contributed by atoms with Crippen molar-refractivity contribution in [3.8, 4) is 5.75 Å². The van der Waals surface area contributed by atoms with E-state index in [-0.39, 0.29) is 29.7 Å². The van der Waals surface area contributed by atoms with E-state index in [1.165, 1.54) is 0 Å². The molecule has 1 heterocycles. The maximum Gasteiger partial charge on any atom is 0.322 e. The first-order valence-electron chi connectivity index (χ1n) is 7.86. The van der Waals surface area contributed by atoms with Crippen molar-refractivity contribution >= 4 is 21.6 Å². The van der Waals surface area contributed by atoms with Gasteiger partial charge in [0.1, 0.15) is 5.75 Å². The summed E-state index contributed by atoms with van der Waals surface area (Å²) < 4.78 is 29.0. The third-order valence-electron chi connectivity index (χ3n) is 3.74. The quantitative estimate of drug-likeness (QED) is 0.893. The number of hydrogen-bond acceptors (Lipinski definition) is 4. The number of nitrogens with zero attached hydrogens (tertiary/aromatic N) is 1. The van der Waals surface area contributed by atoms with Crippen molar-refractivity contribution in [3.05, 3.63) is 24.3 Å². The van der Waals surface area contributed by atoms with Gasteiger partial charge in [-0.25, -0.2) is 13.2 Å². The number of amides is 2. The Morgan fingerprint density at radius 2 is 2.09 bits per heavy atom. The predicted octanol–water partition coefficient (Wildman–Crippen LogP) is 2.51. The molecule has 128 valence electrons. The highest BCUT2D eigenvalue weighted by Crippen LogP contribution is 2.26. The molecule has 2 amide bonds. The van der Waals surface area contributed by atoms with Gasteiger partial charge in [0.2, 0.25) is 0 Å². The Bertz CT molecular complexity index is 658. The van der Waals surface area contributed by atoms with Crippen molar-refractivity contribution in [2.75, 3.05) is 23.4 Å². The van der Waals surface area contributed by atoms with Gasteiger partial charge in [-0.2, -0.15) is 0 Å². The van der Waals surface area contributed by atoms with Gasteiger partial charge in [-0.1, -0.05) is 12.1 Å². The van der Waals surface area contributed by atoms with E-state index in [1.54, 1.807) is 17.0 Å². The van der Waals surface area contributed by atoms with Gasteiger partial charge < -0.3 is 15.0 Å². The molecule has 1 saturated heterocycles. The fraction of sp³-hybridized carbons (Fsp3) is 0.562. The molecular weight excluding hydrogens is 316 g/mol. The molecule has 0 radical (unpaired) electrons. The van der Waals surface area contributed by atoms with E-state index in [1.807, 2.05) is 32.9 Å². The van der Waals surface area contributed by atoms with Crippen molar-refractivity contribution < 1.29 is 17.9 Å². The van der Waals surface area contributed by atoms with Crippen LogP contribution in [0.5, 0.6) is 5.75 Å². The number of urea groups is 1. The number of nitrogens with one attached hydrogen (secondary N) is 1. The Morgan fingerprint density at radius 3 is 2.65 bits per heavy atom. The van der Waals surface area contributed by atoms with Gasteiger partial charge in [-0.3, -0.25) is 0 Å². The van der Waals surface area contributed by atoms with Crippen LogP contribution in [0.25, 0.3) is 0 Å². The minimum atomic E-state index is -3.03. The molecule has 1 aromatic carbocycles. The lowest BCUT2D eigenvalue weighted by Gasteiger charge is -2.27. The van der Waals surface area contributed by atoms with Gasteiger partial charge in [0.15, 0.2) is 9.84 Å². The van der Waals surface area contributed by atoms with E-state index in [9.17, 15) is 13.2 Å². The smallest absolute Gasteiger partial charge is 0.322 e. The fourth-order valence-electron chi connectivity index (χ4n) is 2.70. The SMILES string of the molecule is CCN(C(=O)Nc1ccccc1OC(C)C)C1CCS(=O)(=O)C1. The molecule has 1 aromatic rings. The molecule has 0 bridgehead atoms. The zero-order valence-corrected chi connectivity index (χ0v) is 14.6. The number of carbonyl (C=O) groups is 1. The Kier molecular flexibility index (Phi) is 5.51. The second-order valence-electron chi connectivity index (χ2n) is 5.94. The lowest BCUT2D eigenvalue weighted by Crippen LogP contribution is -2.43. The summed E-state index contributed by atoms with van der Waals surface area (Å²) in [6, 6.07) is 6.67. The van der Waals surface area contributed by atoms with Gasteiger partial charge in [0.05, 0.1) is 23.3 Å². The predicted molar refractivity (Wildman–Crippen MR) is 90.7 cm³/mol. The van der Waals surface area contributed by atoms with Crippen LogP contribution in [0.4, 0.5) is 10.5 Å². The third-order valence-corrected chi connectivity index (χ3v) is 5.49. The first kappa shape index (κ1) is 17.6. The van der Waals surface area contributed by atoms with E-state index in [4.69, 9.17) is 4.74 Å². The molecule has 23 heavy (non-hydrogen) atoms. The molecule has 1 unspecified atom stereocenters. The molecule has 0 spiro atoms. The molecule has 1 aliphatic rings. The maximum atomic E-state index is 12.5. The molecule has 1 atom stereocenters. The number of carbonyl (C=O) groups excluding carboxylic acids is 1. The molecule has 0 aliphatic carbocycles. The zero-order valence-electron chi connectivity index (χ0n) is 13.8. The summed E-state index contributed by atoms with van der Waals surface area (Å²) in [5.74, 6) is 0.790. The van der Waals surface area contributed by atoms with E-state index in [0.717, 1.165) is 0 Å². The molecule has 0 saturated carbocycles. The van der Waals surface area contributed by atoms with Crippen LogP contribution in [0.15, 0.2) is 24.3 Å². The maximum absolute atomic E-state index is 12.5. The Balaban J connectivity index is 2.11. The van der Waals surface area contributed by atoms with Crippen molar-refractivity contribution in [3.63, 3.8) is 0 Å². The number of hydrogen-bond donors (Lipinski definition) is 1. The number of ether oxygens (including phenoxy) is 1. The summed E-state index contributed by atoms with van der Waals surface area (Å²) in [6.45, 7) is 6.14. The fourth-order valence-corrected chi connectivity index (χ4v) is 4.43. The standard InChI is InChI=1S/C16H24N2O4S/c1-4-18(13-9-10-23(20,21)11-13)16(19)17-14-7-5-6-8-15(14)22-12(2)3/h5-8,12-13H,4,9-11H2,1-3H3,(H,17,19). The molecule has 2 rings (SSSR count). The Labute approximate surface area is 137 Å². The van der Waals surface area contributed by atoms with Crippen molar-refractivity contribution in [1.82, 2.24) is 4.90 Å². The van der Waals surface area contributed by atoms with Crippen molar-refractivity contribution in [2.45, 2.75) is 39.3 Å². The van der Waals surface area contributed by atoms with E-state index >= 15 is 0 Å². The lowest BCUT2D eigenvalue weighted by atomic mass is 10.2. The number of anilines is 1. The molecule has 0 aromatic heterocycles. The van der Waals surface area contributed by atoms with E-state index in [2.05, 4.69) is 5.32 Å². The topological polar surface area (TPSA) is 75.7 Å². The monoisotopic (exact) mass is 340 g/mol. The first-order valence-corrected chi connectivity index (χ1v) is 9.68. The molecular formula is C16H24N2O4S. The van der Waals surface area contributed by atoms with Crippen molar-refractivity contribution in [1.29, 1.82) is 0 Å². The molecule has 7 heteroatoms. The second-order valence-corrected chi connectivity index (χ2v) is 8.16. The normalized spacial score (nSPS) is 19.6. The van der Waals surface area contributed by atoms with Crippen LogP contribution in [0.2, 0.25) is 0 Å². The first-order chi connectivity index (χ1) is 10.8. The summed E-state index contributed by atoms with van der Waals surface area (Å²) in [7, 11) is -3.03. The zero-order chi connectivity index (χ0) is 17.0. The Morgan fingerprint density at radius 1 is 1.39 bits per heavy atom. The second kappa shape index (κ2) is 7.21. The Hall–Kier alpha value is -1.76. The highest BCUT2D eigenvalue weighted by molar-refractivity contribution is 7.91. The van der Waals surface area contributed by atoms with Crippen LogP contribution >= 0.6 is 0 Å². The van der Waals surface area contributed by atoms with Crippen LogP contribution in [0.3, 0.4) is 0 Å². The summed E-state index contributed by atoms with van der Waals surface area (Å²) in [6.07, 6.45) is 0.489. The summed E-state index contributed by atoms with van der Waals surface area (Å²) in [4.78, 5) is 14.1. The van der Waals surface area contributed by atoms with Gasteiger partial charge in [-0.15, -0.1) is 0 Å². The largest absolute Gasteiger partial charge is 0.489 e. The minimum Gasteiger partial charge on any atom is -0.489 e. The lowest BCUT2D eigenvalue weighted by molar-refractivity contribution is 0.197. The van der Waals surface area contributed by atoms with Crippen LogP contribution in [0.1, 0.15) is 27.2 Å².